The maximum Gasteiger partial charge on any atom is 0.317 e. The van der Waals surface area contributed by atoms with Crippen molar-refractivity contribution in [2.24, 2.45) is 5.41 Å². The van der Waals surface area contributed by atoms with Crippen molar-refractivity contribution in [3.05, 3.63) is 0 Å². The zero-order valence-corrected chi connectivity index (χ0v) is 11.4. The summed E-state index contributed by atoms with van der Waals surface area (Å²) in [6.45, 7) is 3.09. The third kappa shape index (κ3) is 4.11. The van der Waals surface area contributed by atoms with Crippen molar-refractivity contribution in [2.75, 3.05) is 26.7 Å². The molecule has 0 aliphatic carbocycles. The Hall–Kier alpha value is -1.79. The van der Waals surface area contributed by atoms with Crippen molar-refractivity contribution in [1.29, 1.82) is 0 Å². The van der Waals surface area contributed by atoms with Gasteiger partial charge in [0.2, 0.25) is 5.91 Å². The first-order chi connectivity index (χ1) is 8.89. The van der Waals surface area contributed by atoms with E-state index in [1.54, 1.807) is 11.9 Å². The molecule has 0 bridgehead atoms. The van der Waals surface area contributed by atoms with E-state index in [-0.39, 0.29) is 18.4 Å². The number of aliphatic carboxylic acids is 1. The highest BCUT2D eigenvalue weighted by atomic mass is 16.4. The number of hydrogen-bond acceptors (Lipinski definition) is 3. The third-order valence-electron chi connectivity index (χ3n) is 3.38. The van der Waals surface area contributed by atoms with Gasteiger partial charge in [-0.15, -0.1) is 0 Å². The topological polar surface area (TPSA) is 98.7 Å². The van der Waals surface area contributed by atoms with Gasteiger partial charge in [0.25, 0.3) is 0 Å². The summed E-state index contributed by atoms with van der Waals surface area (Å²) < 4.78 is 0. The first-order valence-corrected chi connectivity index (χ1v) is 6.36. The van der Waals surface area contributed by atoms with Gasteiger partial charge in [-0.3, -0.25) is 9.59 Å². The van der Waals surface area contributed by atoms with Gasteiger partial charge < -0.3 is 20.6 Å². The first kappa shape index (κ1) is 15.3. The van der Waals surface area contributed by atoms with Crippen LogP contribution in [0.3, 0.4) is 0 Å². The molecule has 1 saturated heterocycles. The van der Waals surface area contributed by atoms with Gasteiger partial charge in [0, 0.05) is 33.1 Å². The number of nitrogens with one attached hydrogen (secondary N) is 2. The van der Waals surface area contributed by atoms with Crippen LogP contribution < -0.4 is 10.6 Å². The fourth-order valence-corrected chi connectivity index (χ4v) is 2.17. The molecule has 108 valence electrons. The van der Waals surface area contributed by atoms with E-state index in [4.69, 9.17) is 5.11 Å². The van der Waals surface area contributed by atoms with E-state index < -0.39 is 11.4 Å². The number of carbonyl (C=O) groups excluding carboxylic acids is 2. The lowest BCUT2D eigenvalue weighted by molar-refractivity contribution is -0.137. The molecular formula is C12H21N3O4. The number of urea groups is 1. The molecular weight excluding hydrogens is 250 g/mol. The van der Waals surface area contributed by atoms with Crippen LogP contribution in [-0.4, -0.2) is 54.6 Å². The highest BCUT2D eigenvalue weighted by Crippen LogP contribution is 2.29. The van der Waals surface area contributed by atoms with Gasteiger partial charge >= 0.3 is 12.0 Å². The van der Waals surface area contributed by atoms with Gasteiger partial charge in [-0.2, -0.15) is 0 Å². The number of hydrogen-bond donors (Lipinski definition) is 3. The van der Waals surface area contributed by atoms with Gasteiger partial charge in [0.1, 0.15) is 0 Å². The molecule has 1 unspecified atom stereocenters. The Kier molecular flexibility index (Phi) is 5.14. The third-order valence-corrected chi connectivity index (χ3v) is 3.38. The number of carboxylic acids is 1. The van der Waals surface area contributed by atoms with E-state index in [1.165, 1.54) is 0 Å². The maximum atomic E-state index is 11.8. The SMILES string of the molecule is CNC(=O)C1(C)CCN(C(=O)NCCCC(=O)O)C1. The van der Waals surface area contributed by atoms with Crippen molar-refractivity contribution in [2.45, 2.75) is 26.2 Å². The molecule has 7 nitrogen and oxygen atoms in total. The van der Waals surface area contributed by atoms with Crippen LogP contribution >= 0.6 is 0 Å². The number of carbonyl (C=O) groups is 3. The van der Waals surface area contributed by atoms with Crippen LogP contribution in [0.5, 0.6) is 0 Å². The summed E-state index contributed by atoms with van der Waals surface area (Å²) in [6, 6.07) is -0.238. The lowest BCUT2D eigenvalue weighted by Gasteiger charge is -2.22. The molecule has 3 amide bonds. The van der Waals surface area contributed by atoms with Crippen LogP contribution in [0.15, 0.2) is 0 Å². The van der Waals surface area contributed by atoms with Crippen LogP contribution in [0.25, 0.3) is 0 Å². The summed E-state index contributed by atoms with van der Waals surface area (Å²) >= 11 is 0. The quantitative estimate of drug-likeness (QED) is 0.614. The second-order valence-corrected chi connectivity index (χ2v) is 5.04. The molecule has 0 aromatic rings. The zero-order chi connectivity index (χ0) is 14.5. The average molecular weight is 271 g/mol. The minimum absolute atomic E-state index is 0.0379. The number of nitrogens with zero attached hydrogens (tertiary/aromatic N) is 1. The fraction of sp³-hybridized carbons (Fsp3) is 0.750. The summed E-state index contributed by atoms with van der Waals surface area (Å²) in [6.07, 6.45) is 1.08. The van der Waals surface area contributed by atoms with Gasteiger partial charge in [-0.1, -0.05) is 0 Å². The molecule has 1 aliphatic heterocycles. The second kappa shape index (κ2) is 6.40. The van der Waals surface area contributed by atoms with E-state index in [9.17, 15) is 14.4 Å². The molecule has 1 fully saturated rings. The van der Waals surface area contributed by atoms with Crippen LogP contribution in [0.1, 0.15) is 26.2 Å². The van der Waals surface area contributed by atoms with Crippen LogP contribution in [-0.2, 0) is 9.59 Å². The second-order valence-electron chi connectivity index (χ2n) is 5.04. The molecule has 7 heteroatoms. The Morgan fingerprint density at radius 1 is 1.37 bits per heavy atom. The zero-order valence-electron chi connectivity index (χ0n) is 11.4. The van der Waals surface area contributed by atoms with Gasteiger partial charge in [0.05, 0.1) is 5.41 Å². The summed E-state index contributed by atoms with van der Waals surface area (Å²) in [4.78, 5) is 35.4. The molecule has 1 atom stereocenters. The molecule has 1 heterocycles. The molecule has 0 aromatic carbocycles. The van der Waals surface area contributed by atoms with E-state index >= 15 is 0 Å². The van der Waals surface area contributed by atoms with Crippen molar-refractivity contribution < 1.29 is 19.5 Å². The first-order valence-electron chi connectivity index (χ1n) is 6.36. The molecule has 19 heavy (non-hydrogen) atoms. The highest BCUT2D eigenvalue weighted by Gasteiger charge is 2.41. The van der Waals surface area contributed by atoms with Crippen LogP contribution in [0, 0.1) is 5.41 Å². The number of likely N-dealkylation sites (tertiary alicyclic amines) is 1. The van der Waals surface area contributed by atoms with Crippen molar-refractivity contribution in [1.82, 2.24) is 15.5 Å². The number of amides is 3. The number of rotatable bonds is 5. The predicted molar refractivity (Wildman–Crippen MR) is 68.6 cm³/mol. The van der Waals surface area contributed by atoms with Crippen molar-refractivity contribution in [3.8, 4) is 0 Å². The van der Waals surface area contributed by atoms with Crippen molar-refractivity contribution in [3.63, 3.8) is 0 Å². The molecule has 0 spiro atoms. The van der Waals surface area contributed by atoms with Gasteiger partial charge in [-0.25, -0.2) is 4.79 Å². The van der Waals surface area contributed by atoms with E-state index in [1.807, 2.05) is 6.92 Å². The minimum atomic E-state index is -0.873. The fourth-order valence-electron chi connectivity index (χ4n) is 2.17. The Bertz CT molecular complexity index is 372. The van der Waals surface area contributed by atoms with E-state index in [0.29, 0.717) is 32.5 Å². The Morgan fingerprint density at radius 3 is 2.63 bits per heavy atom. The highest BCUT2D eigenvalue weighted by molar-refractivity contribution is 5.84. The predicted octanol–water partition coefficient (Wildman–Crippen LogP) is 0.0188. The molecule has 1 rings (SSSR count). The Balaban J connectivity index is 2.36. The molecule has 3 N–H and O–H groups in total. The Labute approximate surface area is 112 Å². The molecule has 0 radical (unpaired) electrons. The summed E-state index contributed by atoms with van der Waals surface area (Å²) in [5.41, 5.74) is -0.535. The summed E-state index contributed by atoms with van der Waals surface area (Å²) in [7, 11) is 1.59. The maximum absolute atomic E-state index is 11.8. The monoisotopic (exact) mass is 271 g/mol. The lowest BCUT2D eigenvalue weighted by atomic mass is 9.89. The summed E-state index contributed by atoms with van der Waals surface area (Å²) in [5, 5.41) is 13.8. The average Bonchev–Trinajstić information content (AvgIpc) is 2.77. The van der Waals surface area contributed by atoms with Gasteiger partial charge in [-0.05, 0) is 19.8 Å². The molecule has 0 aromatic heterocycles. The lowest BCUT2D eigenvalue weighted by Crippen LogP contribution is -2.43. The summed E-state index contributed by atoms with van der Waals surface area (Å²) in [5.74, 6) is -0.934. The largest absolute Gasteiger partial charge is 0.481 e. The Morgan fingerprint density at radius 2 is 2.05 bits per heavy atom. The smallest absolute Gasteiger partial charge is 0.317 e. The van der Waals surface area contributed by atoms with Crippen LogP contribution in [0.2, 0.25) is 0 Å². The normalized spacial score (nSPS) is 22.1. The number of carboxylic acid groups (broad SMARTS) is 1. The van der Waals surface area contributed by atoms with Crippen LogP contribution in [0.4, 0.5) is 4.79 Å². The van der Waals surface area contributed by atoms with Crippen molar-refractivity contribution >= 4 is 17.9 Å². The van der Waals surface area contributed by atoms with E-state index in [0.717, 1.165) is 0 Å². The van der Waals surface area contributed by atoms with Gasteiger partial charge in [0.15, 0.2) is 0 Å². The minimum Gasteiger partial charge on any atom is -0.481 e. The molecule has 1 aliphatic rings. The molecule has 0 saturated carbocycles. The van der Waals surface area contributed by atoms with E-state index in [2.05, 4.69) is 10.6 Å². The standard InChI is InChI=1S/C12H21N3O4/c1-12(10(18)13-2)5-7-15(8-12)11(19)14-6-3-4-9(16)17/h3-8H2,1-2H3,(H,13,18)(H,14,19)(H,16,17).